The van der Waals surface area contributed by atoms with Crippen LogP contribution in [0, 0.1) is 13.8 Å². The topological polar surface area (TPSA) is 64.8 Å². The van der Waals surface area contributed by atoms with Gasteiger partial charge in [0.15, 0.2) is 11.4 Å². The van der Waals surface area contributed by atoms with E-state index in [1.54, 1.807) is 19.2 Å². The second-order valence-electron chi connectivity index (χ2n) is 4.53. The van der Waals surface area contributed by atoms with Gasteiger partial charge in [0, 0.05) is 18.2 Å². The fourth-order valence-electron chi connectivity index (χ4n) is 2.16. The molecule has 0 saturated heterocycles. The standard InChI is InChI=1S/C13H11N3O2/c1-6-4-8-9(5-7(6)2)13(18)11-10(12(8)17)14-16(3)15-11/h4-5H,1-3H3. The third kappa shape index (κ3) is 1.27. The third-order valence-electron chi connectivity index (χ3n) is 3.27. The molecule has 1 aliphatic rings. The molecule has 0 amide bonds. The van der Waals surface area contributed by atoms with Crippen LogP contribution < -0.4 is 0 Å². The van der Waals surface area contributed by atoms with E-state index in [4.69, 9.17) is 0 Å². The van der Waals surface area contributed by atoms with Crippen LogP contribution in [0.25, 0.3) is 0 Å². The smallest absolute Gasteiger partial charge is 0.216 e. The molecule has 3 rings (SSSR count). The van der Waals surface area contributed by atoms with Gasteiger partial charge in [-0.05, 0) is 37.1 Å². The predicted molar refractivity (Wildman–Crippen MR) is 63.8 cm³/mol. The minimum absolute atomic E-state index is 0.151. The zero-order valence-corrected chi connectivity index (χ0v) is 10.3. The Labute approximate surface area is 103 Å². The van der Waals surface area contributed by atoms with Gasteiger partial charge < -0.3 is 0 Å². The van der Waals surface area contributed by atoms with Crippen molar-refractivity contribution in [2.24, 2.45) is 7.05 Å². The maximum absolute atomic E-state index is 12.3. The van der Waals surface area contributed by atoms with E-state index in [1.807, 2.05) is 13.8 Å². The number of hydrogen-bond acceptors (Lipinski definition) is 4. The van der Waals surface area contributed by atoms with Crippen molar-refractivity contribution in [3.8, 4) is 0 Å². The first kappa shape index (κ1) is 10.8. The quantitative estimate of drug-likeness (QED) is 0.593. The maximum Gasteiger partial charge on any atom is 0.216 e. The lowest BCUT2D eigenvalue weighted by atomic mass is 9.87. The molecule has 0 radical (unpaired) electrons. The molecule has 1 aromatic heterocycles. The lowest BCUT2D eigenvalue weighted by Crippen LogP contribution is -2.21. The van der Waals surface area contributed by atoms with Crippen LogP contribution in [0.5, 0.6) is 0 Å². The highest BCUT2D eigenvalue weighted by molar-refractivity contribution is 6.26. The monoisotopic (exact) mass is 241 g/mol. The molecular formula is C13H11N3O2. The summed E-state index contributed by atoms with van der Waals surface area (Å²) in [5.74, 6) is -0.452. The summed E-state index contributed by atoms with van der Waals surface area (Å²) >= 11 is 0. The number of carbonyl (C=O) groups is 2. The van der Waals surface area contributed by atoms with Crippen molar-refractivity contribution in [2.45, 2.75) is 13.8 Å². The maximum atomic E-state index is 12.3. The summed E-state index contributed by atoms with van der Waals surface area (Å²) < 4.78 is 0. The zero-order valence-electron chi connectivity index (χ0n) is 10.3. The van der Waals surface area contributed by atoms with Gasteiger partial charge in [-0.15, -0.1) is 10.2 Å². The first-order valence-corrected chi connectivity index (χ1v) is 5.61. The highest BCUT2D eigenvalue weighted by Crippen LogP contribution is 2.27. The molecule has 1 aliphatic carbocycles. The van der Waals surface area contributed by atoms with E-state index in [0.717, 1.165) is 11.1 Å². The molecule has 0 spiro atoms. The van der Waals surface area contributed by atoms with Gasteiger partial charge in [-0.3, -0.25) is 9.59 Å². The van der Waals surface area contributed by atoms with Crippen LogP contribution in [0.1, 0.15) is 43.2 Å². The lowest BCUT2D eigenvalue weighted by Gasteiger charge is -2.14. The molecule has 90 valence electrons. The highest BCUT2D eigenvalue weighted by atomic mass is 16.1. The van der Waals surface area contributed by atoms with E-state index in [-0.39, 0.29) is 23.0 Å². The summed E-state index contributed by atoms with van der Waals surface area (Å²) in [6, 6.07) is 3.50. The summed E-state index contributed by atoms with van der Waals surface area (Å²) in [5, 5.41) is 7.94. The molecule has 0 atom stereocenters. The van der Waals surface area contributed by atoms with Crippen molar-refractivity contribution in [3.05, 3.63) is 45.8 Å². The van der Waals surface area contributed by atoms with Gasteiger partial charge in [-0.1, -0.05) is 0 Å². The van der Waals surface area contributed by atoms with Gasteiger partial charge in [0.05, 0.1) is 0 Å². The largest absolute Gasteiger partial charge is 0.287 e. The molecule has 0 saturated carbocycles. The summed E-state index contributed by atoms with van der Waals surface area (Å²) in [6.45, 7) is 3.83. The zero-order chi connectivity index (χ0) is 13.0. The molecule has 1 aromatic carbocycles. The van der Waals surface area contributed by atoms with Crippen LogP contribution in [0.2, 0.25) is 0 Å². The third-order valence-corrected chi connectivity index (χ3v) is 3.27. The lowest BCUT2D eigenvalue weighted by molar-refractivity contribution is 0.0974. The second-order valence-corrected chi connectivity index (χ2v) is 4.53. The van der Waals surface area contributed by atoms with E-state index in [0.29, 0.717) is 11.1 Å². The molecule has 0 aliphatic heterocycles. The number of hydrogen-bond donors (Lipinski definition) is 0. The number of benzene rings is 1. The van der Waals surface area contributed by atoms with Crippen molar-refractivity contribution in [3.63, 3.8) is 0 Å². The molecule has 2 aromatic rings. The Hall–Kier alpha value is -2.30. The molecule has 18 heavy (non-hydrogen) atoms. The van der Waals surface area contributed by atoms with Gasteiger partial charge in [0.25, 0.3) is 0 Å². The fraction of sp³-hybridized carbons (Fsp3) is 0.231. The Kier molecular flexibility index (Phi) is 2.02. The van der Waals surface area contributed by atoms with Crippen molar-refractivity contribution >= 4 is 11.6 Å². The SMILES string of the molecule is Cc1cc2c(cc1C)C(=O)c1nn(C)nc1C2=O. The summed E-state index contributed by atoms with van der Waals surface area (Å²) in [5.41, 5.74) is 3.13. The van der Waals surface area contributed by atoms with Crippen LogP contribution in [-0.2, 0) is 7.05 Å². The normalized spacial score (nSPS) is 13.5. The second kappa shape index (κ2) is 3.35. The summed E-state index contributed by atoms with van der Waals surface area (Å²) in [6.07, 6.45) is 0. The molecule has 0 unspecified atom stereocenters. The Morgan fingerprint density at radius 3 is 1.67 bits per heavy atom. The molecular weight excluding hydrogens is 230 g/mol. The minimum Gasteiger partial charge on any atom is -0.287 e. The van der Waals surface area contributed by atoms with E-state index < -0.39 is 0 Å². The number of aryl methyl sites for hydroxylation is 3. The molecule has 0 fully saturated rings. The summed E-state index contributed by atoms with van der Waals surface area (Å²) in [4.78, 5) is 25.8. The van der Waals surface area contributed by atoms with E-state index in [2.05, 4.69) is 10.2 Å². The number of aromatic nitrogens is 3. The average Bonchev–Trinajstić information content (AvgIpc) is 2.71. The number of rotatable bonds is 0. The van der Waals surface area contributed by atoms with Crippen molar-refractivity contribution in [1.29, 1.82) is 0 Å². The first-order valence-electron chi connectivity index (χ1n) is 5.61. The van der Waals surface area contributed by atoms with Crippen LogP contribution >= 0.6 is 0 Å². The number of nitrogens with zero attached hydrogens (tertiary/aromatic N) is 3. The molecule has 0 bridgehead atoms. The van der Waals surface area contributed by atoms with Crippen LogP contribution in [0.4, 0.5) is 0 Å². The van der Waals surface area contributed by atoms with Crippen LogP contribution in [0.15, 0.2) is 12.1 Å². The summed E-state index contributed by atoms with van der Waals surface area (Å²) in [7, 11) is 1.60. The van der Waals surface area contributed by atoms with Crippen molar-refractivity contribution in [2.75, 3.05) is 0 Å². The van der Waals surface area contributed by atoms with Gasteiger partial charge in [0.2, 0.25) is 11.6 Å². The minimum atomic E-state index is -0.226. The van der Waals surface area contributed by atoms with Crippen molar-refractivity contribution in [1.82, 2.24) is 15.0 Å². The first-order chi connectivity index (χ1) is 8.49. The van der Waals surface area contributed by atoms with E-state index in [1.165, 1.54) is 4.80 Å². The van der Waals surface area contributed by atoms with Gasteiger partial charge in [-0.2, -0.15) is 4.80 Å². The number of fused-ring (bicyclic) bond motifs is 2. The van der Waals surface area contributed by atoms with Crippen LogP contribution in [0.3, 0.4) is 0 Å². The van der Waals surface area contributed by atoms with Gasteiger partial charge in [-0.25, -0.2) is 0 Å². The Morgan fingerprint density at radius 1 is 0.889 bits per heavy atom. The molecule has 5 nitrogen and oxygen atoms in total. The molecule has 5 heteroatoms. The Morgan fingerprint density at radius 2 is 1.28 bits per heavy atom. The Balaban J connectivity index is 2.33. The van der Waals surface area contributed by atoms with E-state index in [9.17, 15) is 9.59 Å². The predicted octanol–water partition coefficient (Wildman–Crippen LogP) is 1.21. The van der Waals surface area contributed by atoms with Crippen LogP contribution in [-0.4, -0.2) is 26.6 Å². The number of ketones is 2. The average molecular weight is 241 g/mol. The molecule has 0 N–H and O–H groups in total. The highest BCUT2D eigenvalue weighted by Gasteiger charge is 2.34. The van der Waals surface area contributed by atoms with E-state index >= 15 is 0 Å². The number of carbonyl (C=O) groups excluding carboxylic acids is 2. The Bertz CT molecular complexity index is 655. The fourth-order valence-corrected chi connectivity index (χ4v) is 2.16. The molecule has 1 heterocycles. The van der Waals surface area contributed by atoms with Gasteiger partial charge >= 0.3 is 0 Å². The van der Waals surface area contributed by atoms with Gasteiger partial charge in [0.1, 0.15) is 0 Å². The van der Waals surface area contributed by atoms with Crippen molar-refractivity contribution < 1.29 is 9.59 Å².